The second-order valence-electron chi connectivity index (χ2n) is 6.47. The first-order chi connectivity index (χ1) is 14.8. The van der Waals surface area contributed by atoms with Crippen LogP contribution in [0.5, 0.6) is 0 Å². The summed E-state index contributed by atoms with van der Waals surface area (Å²) in [6, 6.07) is 20.6. The molecule has 9 heteroatoms. The molecule has 156 valence electrons. The number of carbonyl (C=O) groups is 1. The van der Waals surface area contributed by atoms with Crippen LogP contribution in [0.25, 0.3) is 0 Å². The van der Waals surface area contributed by atoms with E-state index in [2.05, 4.69) is 15.2 Å². The third-order valence-corrected chi connectivity index (χ3v) is 5.89. The molecule has 0 aromatic heterocycles. The molecule has 0 aliphatic heterocycles. The maximum absolute atomic E-state index is 12.6. The minimum absolute atomic E-state index is 0.0668. The number of carbonyl (C=O) groups excluding carboxylic acids is 1. The Morgan fingerprint density at radius 2 is 1.68 bits per heavy atom. The predicted molar refractivity (Wildman–Crippen MR) is 120 cm³/mol. The molecule has 0 fully saturated rings. The quantitative estimate of drug-likeness (QED) is 0.431. The normalized spacial score (nSPS) is 11.5. The van der Waals surface area contributed by atoms with Crippen molar-refractivity contribution in [3.8, 4) is 6.07 Å². The summed E-state index contributed by atoms with van der Waals surface area (Å²) in [5.74, 6) is -0.559. The van der Waals surface area contributed by atoms with Gasteiger partial charge in [-0.05, 0) is 67.1 Å². The maximum atomic E-state index is 12.6. The summed E-state index contributed by atoms with van der Waals surface area (Å²) in [4.78, 5) is 12.4. The number of benzene rings is 3. The van der Waals surface area contributed by atoms with Gasteiger partial charge in [0.1, 0.15) is 0 Å². The fraction of sp³-hybridized carbons (Fsp3) is 0.0455. The third-order valence-electron chi connectivity index (χ3n) is 4.26. The van der Waals surface area contributed by atoms with Gasteiger partial charge in [-0.1, -0.05) is 29.8 Å². The number of amides is 1. The second-order valence-corrected chi connectivity index (χ2v) is 8.59. The average Bonchev–Trinajstić information content (AvgIpc) is 2.78. The highest BCUT2D eigenvalue weighted by Gasteiger charge is 2.16. The fourth-order valence-electron chi connectivity index (χ4n) is 2.59. The molecule has 1 amide bonds. The number of sulfonamides is 1. The Bertz CT molecular complexity index is 1280. The zero-order valence-electron chi connectivity index (χ0n) is 16.3. The van der Waals surface area contributed by atoms with Crippen LogP contribution in [0.15, 0.2) is 82.8 Å². The van der Waals surface area contributed by atoms with E-state index in [0.29, 0.717) is 22.0 Å². The van der Waals surface area contributed by atoms with E-state index in [1.54, 1.807) is 43.3 Å². The van der Waals surface area contributed by atoms with Gasteiger partial charge in [0.05, 0.1) is 22.2 Å². The SMILES string of the molecule is C/C(=N\NC(=O)c1cccc(S(=O)(=O)Nc2ccc(Cl)cc2)c1)c1ccc(C#N)cc1. The smallest absolute Gasteiger partial charge is 0.271 e. The van der Waals surface area contributed by atoms with Crippen molar-refractivity contribution in [3.05, 3.63) is 94.5 Å². The van der Waals surface area contributed by atoms with Crippen molar-refractivity contribution in [2.45, 2.75) is 11.8 Å². The summed E-state index contributed by atoms with van der Waals surface area (Å²) in [5, 5.41) is 13.4. The van der Waals surface area contributed by atoms with Crippen LogP contribution < -0.4 is 10.1 Å². The summed E-state index contributed by atoms with van der Waals surface area (Å²) in [7, 11) is -3.90. The molecule has 2 N–H and O–H groups in total. The summed E-state index contributed by atoms with van der Waals surface area (Å²) in [6.45, 7) is 1.71. The molecule has 31 heavy (non-hydrogen) atoms. The van der Waals surface area contributed by atoms with Crippen molar-refractivity contribution >= 4 is 38.9 Å². The van der Waals surface area contributed by atoms with Gasteiger partial charge in [-0.2, -0.15) is 10.4 Å². The molecule has 0 radical (unpaired) electrons. The lowest BCUT2D eigenvalue weighted by molar-refractivity contribution is 0.0954. The van der Waals surface area contributed by atoms with Crippen molar-refractivity contribution in [3.63, 3.8) is 0 Å². The molecular formula is C22H17ClN4O3S. The zero-order chi connectivity index (χ0) is 22.4. The number of hydrogen-bond acceptors (Lipinski definition) is 5. The number of halogens is 1. The van der Waals surface area contributed by atoms with Gasteiger partial charge in [0, 0.05) is 16.3 Å². The Morgan fingerprint density at radius 3 is 2.32 bits per heavy atom. The van der Waals surface area contributed by atoms with Crippen LogP contribution in [-0.2, 0) is 10.0 Å². The monoisotopic (exact) mass is 452 g/mol. The lowest BCUT2D eigenvalue weighted by atomic mass is 10.1. The van der Waals surface area contributed by atoms with Crippen molar-refractivity contribution in [1.82, 2.24) is 5.43 Å². The summed E-state index contributed by atoms with van der Waals surface area (Å²) in [6.07, 6.45) is 0. The Hall–Kier alpha value is -3.67. The molecule has 0 atom stereocenters. The fourth-order valence-corrected chi connectivity index (χ4v) is 3.82. The van der Waals surface area contributed by atoms with Gasteiger partial charge < -0.3 is 0 Å². The van der Waals surface area contributed by atoms with E-state index < -0.39 is 15.9 Å². The van der Waals surface area contributed by atoms with Crippen molar-refractivity contribution < 1.29 is 13.2 Å². The highest BCUT2D eigenvalue weighted by atomic mass is 35.5. The average molecular weight is 453 g/mol. The molecule has 0 spiro atoms. The largest absolute Gasteiger partial charge is 0.280 e. The van der Waals surface area contributed by atoms with E-state index in [-0.39, 0.29) is 10.5 Å². The van der Waals surface area contributed by atoms with Crippen LogP contribution in [0.3, 0.4) is 0 Å². The highest BCUT2D eigenvalue weighted by molar-refractivity contribution is 7.92. The number of anilines is 1. The Morgan fingerprint density at radius 1 is 1.00 bits per heavy atom. The first-order valence-corrected chi connectivity index (χ1v) is 10.9. The first kappa shape index (κ1) is 22.0. The Labute approximate surface area is 185 Å². The summed E-state index contributed by atoms with van der Waals surface area (Å²) < 4.78 is 27.7. The molecule has 0 saturated carbocycles. The Balaban J connectivity index is 1.74. The molecule has 0 bridgehead atoms. The maximum Gasteiger partial charge on any atom is 0.271 e. The zero-order valence-corrected chi connectivity index (χ0v) is 17.9. The van der Waals surface area contributed by atoms with Gasteiger partial charge in [-0.25, -0.2) is 13.8 Å². The van der Waals surface area contributed by atoms with E-state index in [9.17, 15) is 13.2 Å². The van der Waals surface area contributed by atoms with E-state index in [1.807, 2.05) is 6.07 Å². The van der Waals surface area contributed by atoms with Crippen LogP contribution in [0, 0.1) is 11.3 Å². The third kappa shape index (κ3) is 5.69. The topological polar surface area (TPSA) is 111 Å². The number of hydrogen-bond donors (Lipinski definition) is 2. The molecule has 0 unspecified atom stereocenters. The van der Waals surface area contributed by atoms with Gasteiger partial charge in [0.25, 0.3) is 15.9 Å². The molecule has 3 rings (SSSR count). The highest BCUT2D eigenvalue weighted by Crippen LogP contribution is 2.19. The number of nitriles is 1. The minimum Gasteiger partial charge on any atom is -0.280 e. The van der Waals surface area contributed by atoms with Crippen LogP contribution >= 0.6 is 11.6 Å². The molecule has 0 saturated heterocycles. The second kappa shape index (κ2) is 9.43. The Kier molecular flexibility index (Phi) is 6.70. The molecule has 3 aromatic carbocycles. The molecule has 0 heterocycles. The van der Waals surface area contributed by atoms with Crippen molar-refractivity contribution in [2.24, 2.45) is 5.10 Å². The van der Waals surface area contributed by atoms with Crippen LogP contribution in [0.4, 0.5) is 5.69 Å². The summed E-state index contributed by atoms with van der Waals surface area (Å²) >= 11 is 5.82. The lowest BCUT2D eigenvalue weighted by Crippen LogP contribution is -2.20. The van der Waals surface area contributed by atoms with Gasteiger partial charge in [0.2, 0.25) is 0 Å². The molecule has 0 aliphatic rings. The first-order valence-electron chi connectivity index (χ1n) is 9.02. The van der Waals surface area contributed by atoms with Gasteiger partial charge >= 0.3 is 0 Å². The molecule has 0 aliphatic carbocycles. The number of hydrazone groups is 1. The van der Waals surface area contributed by atoms with E-state index >= 15 is 0 Å². The van der Waals surface area contributed by atoms with Gasteiger partial charge in [0.15, 0.2) is 0 Å². The number of nitrogens with zero attached hydrogens (tertiary/aromatic N) is 2. The standard InChI is InChI=1S/C22H17ClN4O3S/c1-15(17-7-5-16(14-24)6-8-17)25-26-22(28)18-3-2-4-21(13-18)31(29,30)27-20-11-9-19(23)10-12-20/h2-13,27H,1H3,(H,26,28)/b25-15+. The van der Waals surface area contributed by atoms with E-state index in [4.69, 9.17) is 16.9 Å². The van der Waals surface area contributed by atoms with Gasteiger partial charge in [-0.3, -0.25) is 9.52 Å². The van der Waals surface area contributed by atoms with E-state index in [0.717, 1.165) is 5.56 Å². The molecule has 7 nitrogen and oxygen atoms in total. The van der Waals surface area contributed by atoms with Crippen molar-refractivity contribution in [1.29, 1.82) is 5.26 Å². The molecule has 3 aromatic rings. The minimum atomic E-state index is -3.90. The molecular weight excluding hydrogens is 436 g/mol. The van der Waals surface area contributed by atoms with E-state index in [1.165, 1.54) is 36.4 Å². The van der Waals surface area contributed by atoms with Gasteiger partial charge in [-0.15, -0.1) is 0 Å². The van der Waals surface area contributed by atoms with Crippen LogP contribution in [0.1, 0.15) is 28.4 Å². The van der Waals surface area contributed by atoms with Crippen molar-refractivity contribution in [2.75, 3.05) is 4.72 Å². The predicted octanol–water partition coefficient (Wildman–Crippen LogP) is 4.17. The van der Waals surface area contributed by atoms with Crippen LogP contribution in [-0.4, -0.2) is 20.0 Å². The lowest BCUT2D eigenvalue weighted by Gasteiger charge is -2.09. The number of nitrogens with one attached hydrogen (secondary N) is 2. The summed E-state index contributed by atoms with van der Waals surface area (Å²) in [5.41, 5.74) is 4.69. The van der Waals surface area contributed by atoms with Crippen LogP contribution in [0.2, 0.25) is 5.02 Å². The number of rotatable bonds is 6.